The van der Waals surface area contributed by atoms with Crippen molar-refractivity contribution in [3.05, 3.63) is 65.9 Å². The summed E-state index contributed by atoms with van der Waals surface area (Å²) < 4.78 is 11.5. The van der Waals surface area contributed by atoms with Gasteiger partial charge < -0.3 is 15.4 Å². The number of ether oxygens (including phenoxy) is 1. The van der Waals surface area contributed by atoms with E-state index in [1.54, 1.807) is 37.3 Å². The maximum absolute atomic E-state index is 13.1. The third-order valence-corrected chi connectivity index (χ3v) is 5.28. The van der Waals surface area contributed by atoms with Crippen molar-refractivity contribution in [1.82, 2.24) is 30.7 Å². The van der Waals surface area contributed by atoms with Crippen LogP contribution in [0.25, 0.3) is 23.2 Å². The van der Waals surface area contributed by atoms with Gasteiger partial charge in [0.2, 0.25) is 11.6 Å². The van der Waals surface area contributed by atoms with Crippen LogP contribution in [-0.4, -0.2) is 57.6 Å². The number of anilines is 2. The normalized spacial score (nSPS) is 11.6. The smallest absolute Gasteiger partial charge is 0.294 e. The molecular weight excluding hydrogens is 474 g/mol. The zero-order valence-corrected chi connectivity index (χ0v) is 20.9. The van der Waals surface area contributed by atoms with Crippen LogP contribution >= 0.6 is 0 Å². The maximum atomic E-state index is 13.1. The molecule has 0 fully saturated rings. The van der Waals surface area contributed by atoms with Crippen LogP contribution in [0.4, 0.5) is 11.5 Å². The number of benzene rings is 2. The topological polar surface area (TPSA) is 150 Å². The second kappa shape index (κ2) is 11.2. The first-order valence-corrected chi connectivity index (χ1v) is 11.4. The lowest BCUT2D eigenvalue weighted by Gasteiger charge is -2.11. The summed E-state index contributed by atoms with van der Waals surface area (Å²) in [5, 5.41) is 19.7. The number of hydrogen-bond donors (Lipinski definition) is 2. The van der Waals surface area contributed by atoms with Crippen LogP contribution in [0.1, 0.15) is 29.9 Å². The number of nitrogens with zero attached hydrogens (tertiary/aromatic N) is 7. The van der Waals surface area contributed by atoms with Crippen molar-refractivity contribution in [1.29, 1.82) is 0 Å². The van der Waals surface area contributed by atoms with Crippen LogP contribution in [0.3, 0.4) is 0 Å². The minimum absolute atomic E-state index is 0.00154. The van der Waals surface area contributed by atoms with Crippen molar-refractivity contribution < 1.29 is 14.2 Å². The van der Waals surface area contributed by atoms with E-state index in [0.29, 0.717) is 29.3 Å². The fourth-order valence-corrected chi connectivity index (χ4v) is 3.39. The first kappa shape index (κ1) is 25.1. The number of rotatable bonds is 9. The molecule has 0 saturated carbocycles. The monoisotopic (exact) mass is 501 g/mol. The average molecular weight is 502 g/mol. The van der Waals surface area contributed by atoms with Crippen molar-refractivity contribution in [2.75, 3.05) is 31.3 Å². The molecule has 12 nitrogen and oxygen atoms in total. The van der Waals surface area contributed by atoms with Gasteiger partial charge >= 0.3 is 0 Å². The molecule has 0 aliphatic heterocycles. The van der Waals surface area contributed by atoms with Crippen LogP contribution in [0.15, 0.2) is 64.3 Å². The van der Waals surface area contributed by atoms with Crippen molar-refractivity contribution in [2.45, 2.75) is 13.8 Å². The third kappa shape index (κ3) is 5.81. The van der Waals surface area contributed by atoms with E-state index in [1.807, 2.05) is 56.3 Å². The number of amides is 1. The molecule has 2 heterocycles. The minimum Gasteiger partial charge on any atom is -0.494 e. The number of nitrogens with two attached hydrogens (primary N) is 1. The fourth-order valence-electron chi connectivity index (χ4n) is 3.39. The van der Waals surface area contributed by atoms with Gasteiger partial charge in [-0.25, -0.2) is 10.1 Å². The molecule has 1 amide bonds. The first-order chi connectivity index (χ1) is 17.9. The number of hydrogen-bond acceptors (Lipinski definition) is 10. The van der Waals surface area contributed by atoms with Gasteiger partial charge in [-0.2, -0.15) is 9.78 Å². The van der Waals surface area contributed by atoms with Crippen molar-refractivity contribution in [3.8, 4) is 22.8 Å². The van der Waals surface area contributed by atoms with E-state index in [0.717, 1.165) is 11.3 Å². The summed E-state index contributed by atoms with van der Waals surface area (Å²) in [5.74, 6) is 0.232. The van der Waals surface area contributed by atoms with E-state index in [1.165, 1.54) is 4.68 Å². The molecule has 0 unspecified atom stereocenters. The zero-order valence-electron chi connectivity index (χ0n) is 20.9. The van der Waals surface area contributed by atoms with Gasteiger partial charge in [-0.05, 0) is 72.2 Å². The molecule has 0 aliphatic rings. The molecule has 0 atom stereocenters. The predicted molar refractivity (Wildman–Crippen MR) is 141 cm³/mol. The summed E-state index contributed by atoms with van der Waals surface area (Å²) in [4.78, 5) is 15.1. The summed E-state index contributed by atoms with van der Waals surface area (Å²) in [6, 6.07) is 15.2. The van der Waals surface area contributed by atoms with Gasteiger partial charge in [0.05, 0.1) is 12.3 Å². The number of carbonyl (C=O) groups excluding carboxylic acids is 1. The molecule has 0 aliphatic carbocycles. The second-order valence-electron chi connectivity index (χ2n) is 8.14. The molecular formula is C25H27N9O3. The SMILES string of the molecule is CCOc1ccc(-c2c(C(=O)NN=C(C)C=Cc3ccc(N(C)C)cc3)nnn2-c2nonc2N)cc1. The molecule has 190 valence electrons. The van der Waals surface area contributed by atoms with E-state index < -0.39 is 5.91 Å². The largest absolute Gasteiger partial charge is 0.494 e. The Bertz CT molecular complexity index is 1420. The standard InChI is InChI=1S/C25H27N9O3/c1-5-36-20-14-10-18(11-15-20)22-21(28-32-34(22)24-23(26)30-37-31-24)25(35)29-27-16(2)6-7-17-8-12-19(13-9-17)33(3)4/h6-15H,5H2,1-4H3,(H2,26,30)(H,29,35). The van der Waals surface area contributed by atoms with Gasteiger partial charge in [-0.1, -0.05) is 23.4 Å². The molecule has 2 aromatic heterocycles. The molecule has 37 heavy (non-hydrogen) atoms. The molecule has 2 aromatic carbocycles. The maximum Gasteiger partial charge on any atom is 0.294 e. The van der Waals surface area contributed by atoms with Crippen LogP contribution in [0.5, 0.6) is 5.75 Å². The molecule has 12 heteroatoms. The highest BCUT2D eigenvalue weighted by Gasteiger charge is 2.25. The average Bonchev–Trinajstić information content (AvgIpc) is 3.53. The van der Waals surface area contributed by atoms with Crippen molar-refractivity contribution >= 4 is 29.2 Å². The Morgan fingerprint density at radius 2 is 1.89 bits per heavy atom. The van der Waals surface area contributed by atoms with Gasteiger partial charge in [0, 0.05) is 25.3 Å². The molecule has 4 aromatic rings. The van der Waals surface area contributed by atoms with Gasteiger partial charge in [-0.15, -0.1) is 5.10 Å². The molecule has 0 saturated heterocycles. The Morgan fingerprint density at radius 1 is 1.16 bits per heavy atom. The minimum atomic E-state index is -0.562. The lowest BCUT2D eigenvalue weighted by Crippen LogP contribution is -2.20. The van der Waals surface area contributed by atoms with Crippen LogP contribution < -0.4 is 20.8 Å². The summed E-state index contributed by atoms with van der Waals surface area (Å²) in [6.07, 6.45) is 3.71. The number of allylic oxidation sites excluding steroid dienone is 1. The number of aromatic nitrogens is 5. The van der Waals surface area contributed by atoms with E-state index in [9.17, 15) is 4.79 Å². The van der Waals surface area contributed by atoms with Crippen LogP contribution in [0, 0.1) is 0 Å². The number of nitrogen functional groups attached to an aromatic ring is 1. The Morgan fingerprint density at radius 3 is 2.51 bits per heavy atom. The van der Waals surface area contributed by atoms with Gasteiger partial charge in [0.25, 0.3) is 5.91 Å². The molecule has 0 radical (unpaired) electrons. The Kier molecular flexibility index (Phi) is 7.57. The Hall–Kier alpha value is -5.00. The van der Waals surface area contributed by atoms with Gasteiger partial charge in [-0.3, -0.25) is 4.79 Å². The summed E-state index contributed by atoms with van der Waals surface area (Å²) in [6.45, 7) is 4.20. The lowest BCUT2D eigenvalue weighted by molar-refractivity contribution is 0.0950. The highest BCUT2D eigenvalue weighted by Crippen LogP contribution is 2.28. The molecule has 0 spiro atoms. The van der Waals surface area contributed by atoms with Crippen molar-refractivity contribution in [2.24, 2.45) is 5.10 Å². The summed E-state index contributed by atoms with van der Waals surface area (Å²) in [7, 11) is 3.98. The van der Waals surface area contributed by atoms with E-state index in [4.69, 9.17) is 15.1 Å². The quantitative estimate of drug-likeness (QED) is 0.260. The van der Waals surface area contributed by atoms with Crippen LogP contribution in [-0.2, 0) is 0 Å². The second-order valence-corrected chi connectivity index (χ2v) is 8.14. The van der Waals surface area contributed by atoms with E-state index in [2.05, 4.69) is 31.2 Å². The highest BCUT2D eigenvalue weighted by molar-refractivity contribution is 6.01. The Labute approximate surface area is 213 Å². The van der Waals surface area contributed by atoms with Crippen molar-refractivity contribution in [3.63, 3.8) is 0 Å². The highest BCUT2D eigenvalue weighted by atomic mass is 16.6. The lowest BCUT2D eigenvalue weighted by atomic mass is 10.1. The van der Waals surface area contributed by atoms with Gasteiger partial charge in [0.15, 0.2) is 5.69 Å². The Balaban J connectivity index is 1.57. The number of hydrazone groups is 1. The fraction of sp³-hybridized carbons (Fsp3) is 0.200. The molecule has 0 bridgehead atoms. The first-order valence-electron chi connectivity index (χ1n) is 11.4. The third-order valence-electron chi connectivity index (χ3n) is 5.28. The summed E-state index contributed by atoms with van der Waals surface area (Å²) in [5.41, 5.74) is 12.1. The zero-order chi connectivity index (χ0) is 26.4. The predicted octanol–water partition coefficient (Wildman–Crippen LogP) is 3.18. The molecule has 3 N–H and O–H groups in total. The van der Waals surface area contributed by atoms with Gasteiger partial charge in [0.1, 0.15) is 11.4 Å². The van der Waals surface area contributed by atoms with E-state index >= 15 is 0 Å². The summed E-state index contributed by atoms with van der Waals surface area (Å²) >= 11 is 0. The van der Waals surface area contributed by atoms with Crippen LogP contribution in [0.2, 0.25) is 0 Å². The number of carbonyl (C=O) groups is 1. The number of nitrogens with one attached hydrogen (secondary N) is 1. The van der Waals surface area contributed by atoms with E-state index in [-0.39, 0.29) is 17.3 Å². The molecule has 4 rings (SSSR count).